The molecule has 1 aliphatic heterocycles. The van der Waals surface area contributed by atoms with Crippen molar-refractivity contribution in [2.45, 2.75) is 26.8 Å². The maximum Gasteiger partial charge on any atom is 0.409 e. The van der Waals surface area contributed by atoms with Gasteiger partial charge in [-0.25, -0.2) is 13.2 Å². The zero-order valence-corrected chi connectivity index (χ0v) is 18.1. The Morgan fingerprint density at radius 2 is 1.79 bits per heavy atom. The van der Waals surface area contributed by atoms with E-state index in [0.717, 1.165) is 16.1 Å². The van der Waals surface area contributed by atoms with Crippen LogP contribution in [0.2, 0.25) is 5.02 Å². The second kappa shape index (κ2) is 9.00. The molecule has 0 N–H and O–H groups in total. The van der Waals surface area contributed by atoms with Crippen molar-refractivity contribution in [2.75, 3.05) is 43.3 Å². The van der Waals surface area contributed by atoms with E-state index in [1.807, 2.05) is 6.92 Å². The maximum atomic E-state index is 13.0. The highest BCUT2D eigenvalue weighted by Crippen LogP contribution is 2.27. The zero-order valence-electron chi connectivity index (χ0n) is 16.5. The van der Waals surface area contributed by atoms with Crippen molar-refractivity contribution in [1.29, 1.82) is 0 Å². The van der Waals surface area contributed by atoms with Gasteiger partial charge in [-0.15, -0.1) is 0 Å². The van der Waals surface area contributed by atoms with E-state index in [-0.39, 0.29) is 12.5 Å². The van der Waals surface area contributed by atoms with Gasteiger partial charge >= 0.3 is 6.09 Å². The van der Waals surface area contributed by atoms with Gasteiger partial charge in [0, 0.05) is 31.2 Å². The SMILES string of the molecule is CCOC(=O)N1CCN(C(=O)[C@@H](C)N(c2ccc(C)c(Cl)c2)S(C)(=O)=O)CC1. The number of carbonyl (C=O) groups is 2. The van der Waals surface area contributed by atoms with Crippen LogP contribution in [0.5, 0.6) is 0 Å². The van der Waals surface area contributed by atoms with Crippen LogP contribution >= 0.6 is 11.6 Å². The van der Waals surface area contributed by atoms with E-state index in [2.05, 4.69) is 0 Å². The molecule has 1 aliphatic rings. The Labute approximate surface area is 171 Å². The number of halogens is 1. The number of nitrogens with zero attached hydrogens (tertiary/aromatic N) is 3. The molecule has 28 heavy (non-hydrogen) atoms. The third-order valence-corrected chi connectivity index (χ3v) is 6.24. The van der Waals surface area contributed by atoms with Crippen LogP contribution in [0.1, 0.15) is 19.4 Å². The van der Waals surface area contributed by atoms with E-state index in [0.29, 0.717) is 36.9 Å². The Morgan fingerprint density at radius 1 is 1.21 bits per heavy atom. The number of piperazine rings is 1. The third-order valence-electron chi connectivity index (χ3n) is 4.59. The predicted molar refractivity (Wildman–Crippen MR) is 108 cm³/mol. The van der Waals surface area contributed by atoms with Crippen molar-refractivity contribution in [2.24, 2.45) is 0 Å². The number of hydrogen-bond acceptors (Lipinski definition) is 5. The summed E-state index contributed by atoms with van der Waals surface area (Å²) in [7, 11) is -3.72. The van der Waals surface area contributed by atoms with Crippen LogP contribution in [0.15, 0.2) is 18.2 Å². The van der Waals surface area contributed by atoms with E-state index in [9.17, 15) is 18.0 Å². The van der Waals surface area contributed by atoms with E-state index in [1.54, 1.807) is 36.9 Å². The average Bonchev–Trinajstić information content (AvgIpc) is 2.63. The minimum Gasteiger partial charge on any atom is -0.450 e. The monoisotopic (exact) mass is 431 g/mol. The standard InChI is InChI=1S/C18H26ClN3O5S/c1-5-27-18(24)21-10-8-20(9-11-21)17(23)14(3)22(28(4,25)26)15-7-6-13(2)16(19)12-15/h6-7,12,14H,5,8-11H2,1-4H3/t14-/m1/s1. The van der Waals surface area contributed by atoms with Crippen molar-refractivity contribution >= 4 is 39.3 Å². The summed E-state index contributed by atoms with van der Waals surface area (Å²) >= 11 is 6.15. The smallest absolute Gasteiger partial charge is 0.409 e. The highest BCUT2D eigenvalue weighted by atomic mass is 35.5. The molecular weight excluding hydrogens is 406 g/mol. The number of benzene rings is 1. The van der Waals surface area contributed by atoms with Gasteiger partial charge in [0.2, 0.25) is 15.9 Å². The summed E-state index contributed by atoms with van der Waals surface area (Å²) in [4.78, 5) is 27.9. The molecule has 0 unspecified atom stereocenters. The normalized spacial score (nSPS) is 15.9. The fourth-order valence-corrected chi connectivity index (χ4v) is 4.45. The van der Waals surface area contributed by atoms with Gasteiger partial charge in [0.15, 0.2) is 0 Å². The number of amides is 2. The van der Waals surface area contributed by atoms with Gasteiger partial charge in [0.1, 0.15) is 6.04 Å². The number of anilines is 1. The Hall–Kier alpha value is -2.00. The first-order valence-electron chi connectivity index (χ1n) is 9.02. The molecule has 156 valence electrons. The molecule has 10 heteroatoms. The van der Waals surface area contributed by atoms with Crippen molar-refractivity contribution in [3.05, 3.63) is 28.8 Å². The predicted octanol–water partition coefficient (Wildman–Crippen LogP) is 2.10. The molecule has 1 aromatic rings. The second-order valence-electron chi connectivity index (χ2n) is 6.68. The fraction of sp³-hybridized carbons (Fsp3) is 0.556. The highest BCUT2D eigenvalue weighted by molar-refractivity contribution is 7.92. The summed E-state index contributed by atoms with van der Waals surface area (Å²) in [5, 5.41) is 0.425. The van der Waals surface area contributed by atoms with Crippen LogP contribution in [0.25, 0.3) is 0 Å². The van der Waals surface area contributed by atoms with Gasteiger partial charge in [-0.3, -0.25) is 9.10 Å². The van der Waals surface area contributed by atoms with Crippen LogP contribution in [-0.4, -0.2) is 75.3 Å². The first-order valence-corrected chi connectivity index (χ1v) is 11.2. The molecule has 1 atom stereocenters. The second-order valence-corrected chi connectivity index (χ2v) is 8.95. The first-order chi connectivity index (χ1) is 13.1. The van der Waals surface area contributed by atoms with Gasteiger partial charge in [0.25, 0.3) is 0 Å². The van der Waals surface area contributed by atoms with Crippen LogP contribution in [0.3, 0.4) is 0 Å². The van der Waals surface area contributed by atoms with Gasteiger partial charge in [-0.2, -0.15) is 0 Å². The molecule has 1 aromatic carbocycles. The molecule has 2 amide bonds. The summed E-state index contributed by atoms with van der Waals surface area (Å²) in [6.45, 7) is 6.69. The number of aryl methyl sites for hydroxylation is 1. The molecule has 1 heterocycles. The average molecular weight is 432 g/mol. The molecule has 0 radical (unpaired) electrons. The lowest BCUT2D eigenvalue weighted by atomic mass is 10.2. The van der Waals surface area contributed by atoms with Crippen molar-refractivity contribution < 1.29 is 22.7 Å². The minimum absolute atomic E-state index is 0.289. The molecule has 0 saturated carbocycles. The van der Waals surface area contributed by atoms with E-state index >= 15 is 0 Å². The van der Waals surface area contributed by atoms with Gasteiger partial charge in [0.05, 0.1) is 18.6 Å². The number of ether oxygens (including phenoxy) is 1. The minimum atomic E-state index is -3.72. The Bertz CT molecular complexity index is 838. The molecule has 0 bridgehead atoms. The third kappa shape index (κ3) is 5.08. The largest absolute Gasteiger partial charge is 0.450 e. The molecular formula is C18H26ClN3O5S. The highest BCUT2D eigenvalue weighted by Gasteiger charge is 2.34. The molecule has 0 spiro atoms. The van der Waals surface area contributed by atoms with Gasteiger partial charge in [-0.05, 0) is 38.5 Å². The molecule has 2 rings (SSSR count). The lowest BCUT2D eigenvalue weighted by Crippen LogP contribution is -2.56. The number of rotatable bonds is 5. The maximum absolute atomic E-state index is 13.0. The van der Waals surface area contributed by atoms with Gasteiger partial charge < -0.3 is 14.5 Å². The summed E-state index contributed by atoms with van der Waals surface area (Å²) in [5.74, 6) is -0.328. The molecule has 1 saturated heterocycles. The quantitative estimate of drug-likeness (QED) is 0.712. The van der Waals surface area contributed by atoms with Crippen LogP contribution < -0.4 is 4.31 Å². The number of sulfonamides is 1. The number of hydrogen-bond donors (Lipinski definition) is 0. The molecule has 1 fully saturated rings. The van der Waals surface area contributed by atoms with E-state index in [4.69, 9.17) is 16.3 Å². The first kappa shape index (κ1) is 22.3. The zero-order chi connectivity index (χ0) is 21.1. The van der Waals surface area contributed by atoms with Crippen molar-refractivity contribution in [3.8, 4) is 0 Å². The van der Waals surface area contributed by atoms with Crippen molar-refractivity contribution in [1.82, 2.24) is 9.80 Å². The molecule has 0 aliphatic carbocycles. The molecule has 0 aromatic heterocycles. The summed E-state index contributed by atoms with van der Waals surface area (Å²) in [6, 6.07) is 3.94. The fourth-order valence-electron chi connectivity index (χ4n) is 3.11. The van der Waals surface area contributed by atoms with Crippen LogP contribution in [0, 0.1) is 6.92 Å². The lowest BCUT2D eigenvalue weighted by Gasteiger charge is -2.37. The summed E-state index contributed by atoms with van der Waals surface area (Å²) in [5.41, 5.74) is 1.15. The van der Waals surface area contributed by atoms with Gasteiger partial charge in [-0.1, -0.05) is 17.7 Å². The van der Waals surface area contributed by atoms with E-state index < -0.39 is 22.2 Å². The van der Waals surface area contributed by atoms with E-state index in [1.165, 1.54) is 4.90 Å². The topological polar surface area (TPSA) is 87.2 Å². The Kier molecular flexibility index (Phi) is 7.16. The lowest BCUT2D eigenvalue weighted by molar-refractivity contribution is -0.133. The van der Waals surface area contributed by atoms with Crippen molar-refractivity contribution in [3.63, 3.8) is 0 Å². The Morgan fingerprint density at radius 3 is 2.29 bits per heavy atom. The van der Waals surface area contributed by atoms with Crippen LogP contribution in [-0.2, 0) is 19.6 Å². The Balaban J connectivity index is 2.17. The van der Waals surface area contributed by atoms with Crippen LogP contribution in [0.4, 0.5) is 10.5 Å². The summed E-state index contributed by atoms with van der Waals surface area (Å²) in [6.07, 6.45) is 0.651. The molecule has 8 nitrogen and oxygen atoms in total. The number of carbonyl (C=O) groups excluding carboxylic acids is 2. The summed E-state index contributed by atoms with van der Waals surface area (Å²) < 4.78 is 30.9.